The fraction of sp³-hybridized carbons (Fsp3) is 0.267. The van der Waals surface area contributed by atoms with Gasteiger partial charge in [0.1, 0.15) is 0 Å². The van der Waals surface area contributed by atoms with Crippen molar-refractivity contribution in [3.8, 4) is 0 Å². The zero-order chi connectivity index (χ0) is 14.0. The fourth-order valence-electron chi connectivity index (χ4n) is 2.23. The summed E-state index contributed by atoms with van der Waals surface area (Å²) in [6.45, 7) is 2.05. The molecule has 0 aliphatic rings. The first kappa shape index (κ1) is 14.2. The van der Waals surface area contributed by atoms with Crippen LogP contribution in [0.1, 0.15) is 22.5 Å². The fourth-order valence-corrected chi connectivity index (χ4v) is 2.50. The number of rotatable bonds is 4. The molecule has 1 aromatic carbocycles. The van der Waals surface area contributed by atoms with E-state index in [1.807, 2.05) is 48.9 Å². The molecule has 0 amide bonds. The maximum absolute atomic E-state index is 11.0. The van der Waals surface area contributed by atoms with Crippen molar-refractivity contribution in [2.24, 2.45) is 7.05 Å². The summed E-state index contributed by atoms with van der Waals surface area (Å²) in [5.74, 6) is 0. The first-order chi connectivity index (χ1) is 8.97. The molecular formula is C15H15Cl2NO. The lowest BCUT2D eigenvalue weighted by atomic mass is 10.1. The molecule has 0 aliphatic carbocycles. The van der Waals surface area contributed by atoms with Crippen molar-refractivity contribution in [1.29, 1.82) is 0 Å². The topological polar surface area (TPSA) is 22.0 Å². The molecule has 0 atom stereocenters. The van der Waals surface area contributed by atoms with Crippen LogP contribution in [-0.2, 0) is 24.7 Å². The van der Waals surface area contributed by atoms with Gasteiger partial charge in [0, 0.05) is 29.9 Å². The van der Waals surface area contributed by atoms with Crippen molar-refractivity contribution >= 4 is 28.4 Å². The Morgan fingerprint density at radius 1 is 1.26 bits per heavy atom. The van der Waals surface area contributed by atoms with Gasteiger partial charge in [-0.25, -0.2) is 0 Å². The molecule has 0 fully saturated rings. The van der Waals surface area contributed by atoms with E-state index in [0.29, 0.717) is 0 Å². The largest absolute Gasteiger partial charge is 0.351 e. The molecule has 2 aromatic rings. The molecule has 19 heavy (non-hydrogen) atoms. The van der Waals surface area contributed by atoms with E-state index < -0.39 is 0 Å². The van der Waals surface area contributed by atoms with Crippen LogP contribution in [0.25, 0.3) is 0 Å². The van der Waals surface area contributed by atoms with Gasteiger partial charge in [-0.05, 0) is 47.9 Å². The summed E-state index contributed by atoms with van der Waals surface area (Å²) >= 11 is 11.3. The minimum absolute atomic E-state index is 0.263. The van der Waals surface area contributed by atoms with Gasteiger partial charge < -0.3 is 4.57 Å². The van der Waals surface area contributed by atoms with Gasteiger partial charge in [0.15, 0.2) is 0 Å². The first-order valence-corrected chi connectivity index (χ1v) is 6.80. The summed E-state index contributed by atoms with van der Waals surface area (Å²) in [6, 6.07) is 9.82. The molecule has 0 spiro atoms. The lowest BCUT2D eigenvalue weighted by Gasteiger charge is -2.08. The number of aryl methyl sites for hydroxylation is 1. The van der Waals surface area contributed by atoms with Crippen molar-refractivity contribution in [2.45, 2.75) is 19.8 Å². The van der Waals surface area contributed by atoms with E-state index in [-0.39, 0.29) is 11.7 Å². The molecular weight excluding hydrogens is 281 g/mol. The maximum Gasteiger partial charge on any atom is 0.227 e. The summed E-state index contributed by atoms with van der Waals surface area (Å²) in [5.41, 5.74) is 4.50. The molecule has 0 aliphatic heterocycles. The van der Waals surface area contributed by atoms with Crippen LogP contribution < -0.4 is 0 Å². The van der Waals surface area contributed by atoms with Crippen molar-refractivity contribution in [2.75, 3.05) is 0 Å². The Bertz CT molecular complexity index is 599. The van der Waals surface area contributed by atoms with Crippen LogP contribution >= 0.6 is 23.2 Å². The van der Waals surface area contributed by atoms with Crippen LogP contribution in [0.2, 0.25) is 5.02 Å². The van der Waals surface area contributed by atoms with Gasteiger partial charge in [0.25, 0.3) is 0 Å². The van der Waals surface area contributed by atoms with Crippen LogP contribution in [0.3, 0.4) is 0 Å². The highest BCUT2D eigenvalue weighted by Gasteiger charge is 2.12. The van der Waals surface area contributed by atoms with Crippen molar-refractivity contribution in [1.82, 2.24) is 4.57 Å². The summed E-state index contributed by atoms with van der Waals surface area (Å²) in [4.78, 5) is 11.0. The predicted molar refractivity (Wildman–Crippen MR) is 79.0 cm³/mol. The normalized spacial score (nSPS) is 10.7. The van der Waals surface area contributed by atoms with E-state index >= 15 is 0 Å². The smallest absolute Gasteiger partial charge is 0.227 e. The molecule has 0 bridgehead atoms. The van der Waals surface area contributed by atoms with Gasteiger partial charge in [0.05, 0.1) is 6.42 Å². The van der Waals surface area contributed by atoms with E-state index in [4.69, 9.17) is 23.2 Å². The molecule has 2 rings (SSSR count). The van der Waals surface area contributed by atoms with E-state index in [1.165, 1.54) is 16.8 Å². The standard InChI is InChI=1S/C15H15Cl2NO/c1-10-7-13(9-15(17)19)18(2)14(10)8-11-3-5-12(16)6-4-11/h3-7H,8-9H2,1-2H3. The molecule has 0 unspecified atom stereocenters. The average molecular weight is 296 g/mol. The Labute approximate surface area is 123 Å². The summed E-state index contributed by atoms with van der Waals surface area (Å²) in [6.07, 6.45) is 1.08. The number of hydrogen-bond acceptors (Lipinski definition) is 1. The Morgan fingerprint density at radius 3 is 2.47 bits per heavy atom. The zero-order valence-corrected chi connectivity index (χ0v) is 12.4. The van der Waals surface area contributed by atoms with Gasteiger partial charge in [-0.1, -0.05) is 23.7 Å². The molecule has 100 valence electrons. The second-order valence-corrected chi connectivity index (χ2v) is 5.52. The summed E-state index contributed by atoms with van der Waals surface area (Å²) < 4.78 is 2.05. The van der Waals surface area contributed by atoms with Gasteiger partial charge in [-0.3, -0.25) is 4.79 Å². The van der Waals surface area contributed by atoms with Gasteiger partial charge in [-0.15, -0.1) is 0 Å². The average Bonchev–Trinajstić information content (AvgIpc) is 2.59. The number of nitrogens with zero attached hydrogens (tertiary/aromatic N) is 1. The quantitative estimate of drug-likeness (QED) is 0.785. The molecule has 0 saturated carbocycles. The monoisotopic (exact) mass is 295 g/mol. The van der Waals surface area contributed by atoms with Crippen LogP contribution in [0, 0.1) is 6.92 Å². The Balaban J connectivity index is 2.27. The van der Waals surface area contributed by atoms with E-state index in [0.717, 1.165) is 17.1 Å². The number of carbonyl (C=O) groups is 1. The third kappa shape index (κ3) is 3.40. The van der Waals surface area contributed by atoms with Crippen LogP contribution in [-0.4, -0.2) is 9.81 Å². The minimum Gasteiger partial charge on any atom is -0.351 e. The lowest BCUT2D eigenvalue weighted by Crippen LogP contribution is -2.05. The highest BCUT2D eigenvalue weighted by molar-refractivity contribution is 6.63. The van der Waals surface area contributed by atoms with Gasteiger partial charge in [-0.2, -0.15) is 0 Å². The third-order valence-electron chi connectivity index (χ3n) is 3.28. The van der Waals surface area contributed by atoms with Crippen LogP contribution in [0.4, 0.5) is 0 Å². The molecule has 0 saturated heterocycles. The predicted octanol–water partition coefficient (Wildman–Crippen LogP) is 3.89. The molecule has 2 nitrogen and oxygen atoms in total. The van der Waals surface area contributed by atoms with E-state index in [2.05, 4.69) is 0 Å². The van der Waals surface area contributed by atoms with Crippen molar-refractivity contribution in [3.63, 3.8) is 0 Å². The van der Waals surface area contributed by atoms with Crippen molar-refractivity contribution < 1.29 is 4.79 Å². The first-order valence-electron chi connectivity index (χ1n) is 6.04. The molecule has 1 aromatic heterocycles. The van der Waals surface area contributed by atoms with Gasteiger partial charge in [0.2, 0.25) is 5.24 Å². The highest BCUT2D eigenvalue weighted by atomic mass is 35.5. The zero-order valence-electron chi connectivity index (χ0n) is 10.9. The second-order valence-electron chi connectivity index (χ2n) is 4.66. The molecule has 4 heteroatoms. The second kappa shape index (κ2) is 5.81. The third-order valence-corrected chi connectivity index (χ3v) is 3.66. The Morgan fingerprint density at radius 2 is 1.89 bits per heavy atom. The molecule has 1 heterocycles. The summed E-state index contributed by atoms with van der Waals surface area (Å²) in [7, 11) is 1.97. The van der Waals surface area contributed by atoms with Crippen LogP contribution in [0.15, 0.2) is 30.3 Å². The van der Waals surface area contributed by atoms with Gasteiger partial charge >= 0.3 is 0 Å². The van der Waals surface area contributed by atoms with Crippen LogP contribution in [0.5, 0.6) is 0 Å². The Hall–Kier alpha value is -1.25. The van der Waals surface area contributed by atoms with E-state index in [1.54, 1.807) is 0 Å². The number of carbonyl (C=O) groups excluding carboxylic acids is 1. The number of hydrogen-bond donors (Lipinski definition) is 0. The Kier molecular flexibility index (Phi) is 4.33. The molecule has 0 radical (unpaired) electrons. The van der Waals surface area contributed by atoms with Crippen molar-refractivity contribution in [3.05, 3.63) is 57.9 Å². The summed E-state index contributed by atoms with van der Waals surface area (Å²) in [5, 5.41) is 0.402. The maximum atomic E-state index is 11.0. The number of benzene rings is 1. The minimum atomic E-state index is -0.335. The van der Waals surface area contributed by atoms with E-state index in [9.17, 15) is 4.79 Å². The lowest BCUT2D eigenvalue weighted by molar-refractivity contribution is -0.111. The number of halogens is 2. The highest BCUT2D eigenvalue weighted by Crippen LogP contribution is 2.20. The molecule has 0 N–H and O–H groups in total. The number of aromatic nitrogens is 1. The SMILES string of the molecule is Cc1cc(CC(=O)Cl)n(C)c1Cc1ccc(Cl)cc1.